The van der Waals surface area contributed by atoms with Crippen LogP contribution in [0.2, 0.25) is 0 Å². The zero-order valence-electron chi connectivity index (χ0n) is 15.9. The molecule has 0 amide bonds. The van der Waals surface area contributed by atoms with E-state index in [1.54, 1.807) is 6.07 Å². The fraction of sp³-hybridized carbons (Fsp3) is 0.391. The van der Waals surface area contributed by atoms with Gasteiger partial charge in [0.05, 0.1) is 16.9 Å². The first-order chi connectivity index (χ1) is 12.7. The van der Waals surface area contributed by atoms with Crippen molar-refractivity contribution >= 4 is 22.3 Å². The summed E-state index contributed by atoms with van der Waals surface area (Å²) < 4.78 is 16.6. The molecule has 2 nitrogen and oxygen atoms in total. The summed E-state index contributed by atoms with van der Waals surface area (Å²) in [6.07, 6.45) is 9.90. The molecule has 0 aliphatic rings. The maximum Gasteiger partial charge on any atom is 0.146 e. The Bertz CT molecular complexity index is 837. The normalized spacial score (nSPS) is 11.2. The number of hydrogen-bond donors (Lipinski definition) is 0. The van der Waals surface area contributed by atoms with E-state index in [1.807, 2.05) is 24.1 Å². The Hall–Kier alpha value is -2.29. The fourth-order valence-corrected chi connectivity index (χ4v) is 3.60. The summed E-state index contributed by atoms with van der Waals surface area (Å²) in [7, 11) is 1.94. The molecule has 0 fully saturated rings. The molecule has 1 aromatic heterocycles. The molecule has 3 rings (SSSR count). The molecule has 3 aromatic rings. The first-order valence-corrected chi connectivity index (χ1v) is 9.78. The number of fused-ring (bicyclic) bond motifs is 1. The summed E-state index contributed by atoms with van der Waals surface area (Å²) in [5.74, 6) is -0.192. The molecule has 0 saturated carbocycles. The van der Waals surface area contributed by atoms with Crippen LogP contribution in [0.1, 0.15) is 45.4 Å². The van der Waals surface area contributed by atoms with Gasteiger partial charge in [0.1, 0.15) is 5.82 Å². The Morgan fingerprint density at radius 1 is 0.846 bits per heavy atom. The van der Waals surface area contributed by atoms with Crippen LogP contribution in [0.25, 0.3) is 10.9 Å². The van der Waals surface area contributed by atoms with E-state index in [-0.39, 0.29) is 5.82 Å². The van der Waals surface area contributed by atoms with Gasteiger partial charge in [-0.15, -0.1) is 0 Å². The fourth-order valence-electron chi connectivity index (χ4n) is 3.60. The zero-order valence-corrected chi connectivity index (χ0v) is 15.9. The molecular weight excluding hydrogens is 323 g/mol. The van der Waals surface area contributed by atoms with Gasteiger partial charge in [-0.1, -0.05) is 69.4 Å². The van der Waals surface area contributed by atoms with Crippen molar-refractivity contribution in [1.29, 1.82) is 0 Å². The molecule has 2 aromatic carbocycles. The number of para-hydroxylation sites is 2. The zero-order chi connectivity index (χ0) is 18.4. The summed E-state index contributed by atoms with van der Waals surface area (Å²) in [5, 5.41) is 1.17. The highest BCUT2D eigenvalue weighted by Crippen LogP contribution is 2.34. The van der Waals surface area contributed by atoms with Crippen LogP contribution >= 0.6 is 0 Å². The molecule has 0 saturated heterocycles. The second-order valence-corrected chi connectivity index (χ2v) is 7.00. The third kappa shape index (κ3) is 4.09. The molecule has 26 heavy (non-hydrogen) atoms. The van der Waals surface area contributed by atoms with Crippen LogP contribution in [0.5, 0.6) is 0 Å². The van der Waals surface area contributed by atoms with Crippen LogP contribution in [-0.4, -0.2) is 11.6 Å². The standard InChI is InChI=1S/C23H29FN2/c1-3-4-5-6-7-12-17-26-18-23(19-13-8-10-15-21(19)26)25(2)22-16-11-9-14-20(22)24/h8-11,13-16,18H,3-7,12,17H2,1-2H3. The molecule has 1 heterocycles. The van der Waals surface area contributed by atoms with Crippen molar-refractivity contribution in [2.45, 2.75) is 52.0 Å². The smallest absolute Gasteiger partial charge is 0.146 e. The molecule has 0 aliphatic carbocycles. The Balaban J connectivity index is 1.80. The molecule has 0 radical (unpaired) electrons. The number of unbranched alkanes of at least 4 members (excludes halogenated alkanes) is 5. The van der Waals surface area contributed by atoms with Crippen molar-refractivity contribution in [3.8, 4) is 0 Å². The molecule has 0 atom stereocenters. The van der Waals surface area contributed by atoms with E-state index in [2.05, 4.69) is 42.0 Å². The Labute approximate surface area is 156 Å². The highest BCUT2D eigenvalue weighted by atomic mass is 19.1. The van der Waals surface area contributed by atoms with Crippen molar-refractivity contribution in [3.63, 3.8) is 0 Å². The summed E-state index contributed by atoms with van der Waals surface area (Å²) in [6.45, 7) is 3.26. The van der Waals surface area contributed by atoms with Crippen molar-refractivity contribution in [2.75, 3.05) is 11.9 Å². The SMILES string of the molecule is CCCCCCCCn1cc(N(C)c2ccccc2F)c2ccccc21. The average molecular weight is 352 g/mol. The molecular formula is C23H29FN2. The van der Waals surface area contributed by atoms with Crippen LogP contribution < -0.4 is 4.90 Å². The van der Waals surface area contributed by atoms with Gasteiger partial charge in [-0.3, -0.25) is 0 Å². The van der Waals surface area contributed by atoms with E-state index < -0.39 is 0 Å². The number of hydrogen-bond acceptors (Lipinski definition) is 1. The highest BCUT2D eigenvalue weighted by Gasteiger charge is 2.15. The van der Waals surface area contributed by atoms with Crippen LogP contribution in [0.3, 0.4) is 0 Å². The van der Waals surface area contributed by atoms with Gasteiger partial charge in [0, 0.05) is 25.2 Å². The van der Waals surface area contributed by atoms with Gasteiger partial charge in [-0.25, -0.2) is 4.39 Å². The molecule has 0 bridgehead atoms. The lowest BCUT2D eigenvalue weighted by Crippen LogP contribution is -2.10. The number of rotatable bonds is 9. The predicted octanol–water partition coefficient (Wildman–Crippen LogP) is 6.91. The maximum absolute atomic E-state index is 14.2. The number of halogens is 1. The van der Waals surface area contributed by atoms with E-state index >= 15 is 0 Å². The summed E-state index contributed by atoms with van der Waals surface area (Å²) in [4.78, 5) is 1.95. The third-order valence-corrected chi connectivity index (χ3v) is 5.10. The Morgan fingerprint density at radius 3 is 2.35 bits per heavy atom. The van der Waals surface area contributed by atoms with Crippen LogP contribution in [0, 0.1) is 5.82 Å². The first kappa shape index (κ1) is 18.5. The van der Waals surface area contributed by atoms with E-state index in [1.165, 1.54) is 55.5 Å². The van der Waals surface area contributed by atoms with Crippen LogP contribution in [0.15, 0.2) is 54.7 Å². The minimum atomic E-state index is -0.192. The van der Waals surface area contributed by atoms with Crippen molar-refractivity contribution < 1.29 is 4.39 Å². The van der Waals surface area contributed by atoms with Gasteiger partial charge in [-0.2, -0.15) is 0 Å². The van der Waals surface area contributed by atoms with Crippen LogP contribution in [-0.2, 0) is 6.54 Å². The molecule has 0 spiro atoms. The molecule has 0 unspecified atom stereocenters. The van der Waals surface area contributed by atoms with Gasteiger partial charge in [-0.05, 0) is 24.6 Å². The lowest BCUT2D eigenvalue weighted by molar-refractivity contribution is 0.565. The van der Waals surface area contributed by atoms with E-state index in [4.69, 9.17) is 0 Å². The van der Waals surface area contributed by atoms with Crippen LogP contribution in [0.4, 0.5) is 15.8 Å². The molecule has 3 heteroatoms. The maximum atomic E-state index is 14.2. The van der Waals surface area contributed by atoms with Gasteiger partial charge in [0.2, 0.25) is 0 Å². The highest BCUT2D eigenvalue weighted by molar-refractivity contribution is 5.95. The largest absolute Gasteiger partial charge is 0.345 e. The van der Waals surface area contributed by atoms with E-state index in [0.29, 0.717) is 5.69 Å². The van der Waals surface area contributed by atoms with E-state index in [0.717, 1.165) is 12.2 Å². The van der Waals surface area contributed by atoms with Gasteiger partial charge < -0.3 is 9.47 Å². The molecule has 138 valence electrons. The van der Waals surface area contributed by atoms with Gasteiger partial charge in [0.25, 0.3) is 0 Å². The number of nitrogens with zero attached hydrogens (tertiary/aromatic N) is 2. The third-order valence-electron chi connectivity index (χ3n) is 5.10. The lowest BCUT2D eigenvalue weighted by atomic mass is 10.1. The molecule has 0 N–H and O–H groups in total. The minimum absolute atomic E-state index is 0.192. The van der Waals surface area contributed by atoms with Crippen molar-refractivity contribution in [2.24, 2.45) is 0 Å². The summed E-state index contributed by atoms with van der Waals surface area (Å²) in [5.41, 5.74) is 2.88. The number of anilines is 2. The lowest BCUT2D eigenvalue weighted by Gasteiger charge is -2.19. The van der Waals surface area contributed by atoms with Gasteiger partial charge >= 0.3 is 0 Å². The monoisotopic (exact) mass is 352 g/mol. The topological polar surface area (TPSA) is 8.17 Å². The van der Waals surface area contributed by atoms with Crippen molar-refractivity contribution in [1.82, 2.24) is 4.57 Å². The minimum Gasteiger partial charge on any atom is -0.345 e. The van der Waals surface area contributed by atoms with E-state index in [9.17, 15) is 4.39 Å². The van der Waals surface area contributed by atoms with Gasteiger partial charge in [0.15, 0.2) is 0 Å². The number of aromatic nitrogens is 1. The second kappa shape index (κ2) is 8.88. The summed E-state index contributed by atoms with van der Waals surface area (Å²) >= 11 is 0. The number of aryl methyl sites for hydroxylation is 1. The quantitative estimate of drug-likeness (QED) is 0.380. The second-order valence-electron chi connectivity index (χ2n) is 7.00. The Morgan fingerprint density at radius 2 is 1.54 bits per heavy atom. The van der Waals surface area contributed by atoms with Crippen molar-refractivity contribution in [3.05, 3.63) is 60.5 Å². The number of benzene rings is 2. The Kier molecular flexibility index (Phi) is 6.32. The average Bonchev–Trinajstić information content (AvgIpc) is 3.03. The predicted molar refractivity (Wildman–Crippen MR) is 110 cm³/mol. The first-order valence-electron chi connectivity index (χ1n) is 9.78. The summed E-state index contributed by atoms with van der Waals surface area (Å²) in [6, 6.07) is 15.4. The molecule has 0 aliphatic heterocycles.